The van der Waals surface area contributed by atoms with E-state index < -0.39 is 0 Å². The van der Waals surface area contributed by atoms with Crippen LogP contribution in [0.15, 0.2) is 24.3 Å². The largest absolute Gasteiger partial charge is 0.395 e. The van der Waals surface area contributed by atoms with Crippen LogP contribution in [0.4, 0.5) is 0 Å². The number of rotatable bonds is 8. The van der Waals surface area contributed by atoms with E-state index in [1.54, 1.807) is 0 Å². The van der Waals surface area contributed by atoms with Gasteiger partial charge in [-0.1, -0.05) is 45.0 Å². The molecule has 0 aliphatic heterocycles. The molecule has 0 saturated heterocycles. The van der Waals surface area contributed by atoms with Crippen LogP contribution in [0.1, 0.15) is 49.0 Å². The second kappa shape index (κ2) is 8.08. The molecule has 3 nitrogen and oxygen atoms in total. The number of carbonyl (C=O) groups excluding carboxylic acids is 1. The summed E-state index contributed by atoms with van der Waals surface area (Å²) in [4.78, 5) is 14.2. The van der Waals surface area contributed by atoms with E-state index in [4.69, 9.17) is 5.11 Å². The van der Waals surface area contributed by atoms with E-state index in [2.05, 4.69) is 20.8 Å². The minimum Gasteiger partial charge on any atom is -0.395 e. The smallest absolute Gasteiger partial charge is 0.176 e. The van der Waals surface area contributed by atoms with Crippen LogP contribution in [-0.2, 0) is 0 Å². The van der Waals surface area contributed by atoms with E-state index in [-0.39, 0.29) is 12.4 Å². The molecule has 19 heavy (non-hydrogen) atoms. The standard InChI is InChI=1S/C16H25NO2/c1-4-9-17(10-11-18)12-16(19)15-7-5-14(6-8-15)13(2)3/h5-8,13,18H,4,9-12H2,1-3H3. The quantitative estimate of drug-likeness (QED) is 0.733. The Labute approximate surface area is 116 Å². The summed E-state index contributed by atoms with van der Waals surface area (Å²) in [5, 5.41) is 8.99. The lowest BCUT2D eigenvalue weighted by molar-refractivity contribution is 0.0915. The summed E-state index contributed by atoms with van der Waals surface area (Å²) in [6.45, 7) is 8.24. The van der Waals surface area contributed by atoms with E-state index in [0.29, 0.717) is 19.0 Å². The first kappa shape index (κ1) is 15.9. The zero-order valence-electron chi connectivity index (χ0n) is 12.2. The Morgan fingerprint density at radius 1 is 1.21 bits per heavy atom. The van der Waals surface area contributed by atoms with Crippen molar-refractivity contribution in [1.29, 1.82) is 0 Å². The molecule has 0 fully saturated rings. The monoisotopic (exact) mass is 263 g/mol. The molecule has 0 heterocycles. The van der Waals surface area contributed by atoms with E-state index in [9.17, 15) is 4.79 Å². The average molecular weight is 263 g/mol. The van der Waals surface area contributed by atoms with Gasteiger partial charge in [0, 0.05) is 12.1 Å². The molecular weight excluding hydrogens is 238 g/mol. The Morgan fingerprint density at radius 3 is 2.32 bits per heavy atom. The first-order valence-corrected chi connectivity index (χ1v) is 7.04. The summed E-state index contributed by atoms with van der Waals surface area (Å²) < 4.78 is 0. The first-order valence-electron chi connectivity index (χ1n) is 7.04. The summed E-state index contributed by atoms with van der Waals surface area (Å²) in [6.07, 6.45) is 0.986. The molecule has 0 unspecified atom stereocenters. The topological polar surface area (TPSA) is 40.5 Å². The third kappa shape index (κ3) is 5.13. The Hall–Kier alpha value is -1.19. The fraction of sp³-hybridized carbons (Fsp3) is 0.562. The number of aliphatic hydroxyl groups excluding tert-OH is 1. The molecular formula is C16H25NO2. The van der Waals surface area contributed by atoms with Crippen molar-refractivity contribution >= 4 is 5.78 Å². The lowest BCUT2D eigenvalue weighted by atomic mass is 10.0. The molecule has 0 bridgehead atoms. The van der Waals surface area contributed by atoms with Crippen LogP contribution in [0, 0.1) is 0 Å². The summed E-state index contributed by atoms with van der Waals surface area (Å²) in [7, 11) is 0. The van der Waals surface area contributed by atoms with Crippen molar-refractivity contribution in [2.24, 2.45) is 0 Å². The summed E-state index contributed by atoms with van der Waals surface area (Å²) in [6, 6.07) is 7.85. The molecule has 0 aliphatic rings. The highest BCUT2D eigenvalue weighted by molar-refractivity contribution is 5.97. The van der Waals surface area contributed by atoms with Crippen molar-refractivity contribution in [3.8, 4) is 0 Å². The normalized spacial score (nSPS) is 11.3. The number of hydrogen-bond donors (Lipinski definition) is 1. The number of aliphatic hydroxyl groups is 1. The van der Waals surface area contributed by atoms with Crippen LogP contribution in [-0.4, -0.2) is 42.0 Å². The second-order valence-electron chi connectivity index (χ2n) is 5.20. The zero-order valence-corrected chi connectivity index (χ0v) is 12.2. The molecule has 0 atom stereocenters. The maximum Gasteiger partial charge on any atom is 0.176 e. The first-order chi connectivity index (χ1) is 9.08. The number of Topliss-reactive ketones (excluding diaryl/α,β-unsaturated/α-hetero) is 1. The highest BCUT2D eigenvalue weighted by Crippen LogP contribution is 2.15. The van der Waals surface area contributed by atoms with Gasteiger partial charge in [0.2, 0.25) is 0 Å². The van der Waals surface area contributed by atoms with E-state index in [1.165, 1.54) is 5.56 Å². The molecule has 0 aliphatic carbocycles. The van der Waals surface area contributed by atoms with Gasteiger partial charge in [-0.3, -0.25) is 9.69 Å². The van der Waals surface area contributed by atoms with Gasteiger partial charge >= 0.3 is 0 Å². The summed E-state index contributed by atoms with van der Waals surface area (Å²) >= 11 is 0. The lowest BCUT2D eigenvalue weighted by Gasteiger charge is -2.19. The minimum absolute atomic E-state index is 0.0968. The van der Waals surface area contributed by atoms with Gasteiger partial charge in [0.1, 0.15) is 0 Å². The average Bonchev–Trinajstić information content (AvgIpc) is 2.39. The van der Waals surface area contributed by atoms with Gasteiger partial charge in [0.05, 0.1) is 13.2 Å². The molecule has 1 aromatic rings. The predicted octanol–water partition coefficient (Wildman–Crippen LogP) is 2.70. The van der Waals surface area contributed by atoms with Crippen LogP contribution < -0.4 is 0 Å². The number of carbonyl (C=O) groups is 1. The van der Waals surface area contributed by atoms with Gasteiger partial charge in [-0.05, 0) is 24.4 Å². The zero-order chi connectivity index (χ0) is 14.3. The molecule has 0 radical (unpaired) electrons. The van der Waals surface area contributed by atoms with Crippen LogP contribution in [0.25, 0.3) is 0 Å². The van der Waals surface area contributed by atoms with E-state index >= 15 is 0 Å². The van der Waals surface area contributed by atoms with Crippen molar-refractivity contribution < 1.29 is 9.90 Å². The number of benzene rings is 1. The van der Waals surface area contributed by atoms with Crippen molar-refractivity contribution in [3.05, 3.63) is 35.4 Å². The van der Waals surface area contributed by atoms with Crippen LogP contribution >= 0.6 is 0 Å². The van der Waals surface area contributed by atoms with Crippen LogP contribution in [0.3, 0.4) is 0 Å². The molecule has 1 N–H and O–H groups in total. The Balaban J connectivity index is 2.65. The molecule has 3 heteroatoms. The molecule has 1 aromatic carbocycles. The van der Waals surface area contributed by atoms with Crippen molar-refractivity contribution in [2.45, 2.75) is 33.1 Å². The van der Waals surface area contributed by atoms with Gasteiger partial charge < -0.3 is 5.11 Å². The highest BCUT2D eigenvalue weighted by atomic mass is 16.3. The second-order valence-corrected chi connectivity index (χ2v) is 5.20. The van der Waals surface area contributed by atoms with Crippen LogP contribution in [0.5, 0.6) is 0 Å². The fourth-order valence-corrected chi connectivity index (χ4v) is 2.08. The molecule has 0 saturated carbocycles. The number of nitrogens with zero attached hydrogens (tertiary/aromatic N) is 1. The molecule has 0 spiro atoms. The maximum absolute atomic E-state index is 12.2. The third-order valence-corrected chi connectivity index (χ3v) is 3.22. The van der Waals surface area contributed by atoms with Crippen molar-refractivity contribution in [2.75, 3.05) is 26.2 Å². The van der Waals surface area contributed by atoms with Gasteiger partial charge in [-0.15, -0.1) is 0 Å². The van der Waals surface area contributed by atoms with Gasteiger partial charge in [0.25, 0.3) is 0 Å². The molecule has 0 amide bonds. The maximum atomic E-state index is 12.2. The van der Waals surface area contributed by atoms with Gasteiger partial charge in [-0.2, -0.15) is 0 Å². The third-order valence-electron chi connectivity index (χ3n) is 3.22. The number of ketones is 1. The fourth-order valence-electron chi connectivity index (χ4n) is 2.08. The highest BCUT2D eigenvalue weighted by Gasteiger charge is 2.11. The Bertz CT molecular complexity index is 378. The summed E-state index contributed by atoms with van der Waals surface area (Å²) in [5.41, 5.74) is 2.00. The van der Waals surface area contributed by atoms with E-state index in [0.717, 1.165) is 18.5 Å². The van der Waals surface area contributed by atoms with E-state index in [1.807, 2.05) is 29.2 Å². The SMILES string of the molecule is CCCN(CCO)CC(=O)c1ccc(C(C)C)cc1. The predicted molar refractivity (Wildman–Crippen MR) is 78.7 cm³/mol. The summed E-state index contributed by atoms with van der Waals surface area (Å²) in [5.74, 6) is 0.604. The van der Waals surface area contributed by atoms with Crippen molar-refractivity contribution in [1.82, 2.24) is 4.90 Å². The number of hydrogen-bond acceptors (Lipinski definition) is 3. The Kier molecular flexibility index (Phi) is 6.74. The minimum atomic E-state index is 0.0968. The molecule has 106 valence electrons. The van der Waals surface area contributed by atoms with Crippen LogP contribution in [0.2, 0.25) is 0 Å². The van der Waals surface area contributed by atoms with Crippen molar-refractivity contribution in [3.63, 3.8) is 0 Å². The van der Waals surface area contributed by atoms with Gasteiger partial charge in [-0.25, -0.2) is 0 Å². The Morgan fingerprint density at radius 2 is 1.84 bits per heavy atom. The lowest BCUT2D eigenvalue weighted by Crippen LogP contribution is -2.33. The van der Waals surface area contributed by atoms with Gasteiger partial charge in [0.15, 0.2) is 5.78 Å². The molecule has 0 aromatic heterocycles. The molecule has 1 rings (SSSR count).